The maximum atomic E-state index is 6.18. The summed E-state index contributed by atoms with van der Waals surface area (Å²) in [5.41, 5.74) is 4.33. The van der Waals surface area contributed by atoms with Crippen LogP contribution in [0.1, 0.15) is 16.7 Å². The quantitative estimate of drug-likeness (QED) is 0.812. The monoisotopic (exact) mass is 279 g/mol. The molecule has 1 nitrogen and oxygen atoms in total. The van der Waals surface area contributed by atoms with Gasteiger partial charge in [-0.15, -0.1) is 0 Å². The van der Waals surface area contributed by atoms with E-state index in [9.17, 15) is 0 Å². The van der Waals surface area contributed by atoms with Crippen LogP contribution in [0, 0.1) is 13.8 Å². The molecule has 2 aromatic rings. The second-order valence-corrected chi connectivity index (χ2v) is 5.24. The van der Waals surface area contributed by atoms with Gasteiger partial charge in [-0.05, 0) is 37.1 Å². The summed E-state index contributed by atoms with van der Waals surface area (Å²) < 4.78 is 0. The van der Waals surface area contributed by atoms with E-state index in [1.54, 1.807) is 0 Å². The molecule has 0 aliphatic rings. The molecule has 0 spiro atoms. The highest BCUT2D eigenvalue weighted by Gasteiger charge is 2.04. The summed E-state index contributed by atoms with van der Waals surface area (Å²) in [6, 6.07) is 12.1. The van der Waals surface area contributed by atoms with Crippen molar-refractivity contribution >= 4 is 28.9 Å². The van der Waals surface area contributed by atoms with Gasteiger partial charge in [0.25, 0.3) is 0 Å². The first-order valence-electron chi connectivity index (χ1n) is 5.81. The summed E-state index contributed by atoms with van der Waals surface area (Å²) >= 11 is 12.3. The third-order valence-corrected chi connectivity index (χ3v) is 3.53. The summed E-state index contributed by atoms with van der Waals surface area (Å²) in [5.74, 6) is 0. The van der Waals surface area contributed by atoms with Gasteiger partial charge in [-0.25, -0.2) is 0 Å². The number of hydrogen-bond donors (Lipinski definition) is 1. The molecular weight excluding hydrogens is 265 g/mol. The van der Waals surface area contributed by atoms with Crippen LogP contribution in [0.4, 0.5) is 5.69 Å². The Morgan fingerprint density at radius 2 is 1.78 bits per heavy atom. The topological polar surface area (TPSA) is 12.0 Å². The molecule has 0 saturated heterocycles. The van der Waals surface area contributed by atoms with E-state index in [2.05, 4.69) is 36.5 Å². The van der Waals surface area contributed by atoms with Crippen LogP contribution >= 0.6 is 23.2 Å². The third kappa shape index (κ3) is 3.18. The summed E-state index contributed by atoms with van der Waals surface area (Å²) in [5, 5.41) is 4.73. The Labute approximate surface area is 118 Å². The number of anilines is 1. The first-order valence-corrected chi connectivity index (χ1v) is 6.57. The van der Waals surface area contributed by atoms with Crippen molar-refractivity contribution < 1.29 is 0 Å². The SMILES string of the molecule is Cc1cccc(CNc2cc(Cl)c(C)cc2Cl)c1. The minimum Gasteiger partial charge on any atom is -0.380 e. The number of nitrogens with one attached hydrogen (secondary N) is 1. The van der Waals surface area contributed by atoms with Crippen LogP contribution in [-0.4, -0.2) is 0 Å². The van der Waals surface area contributed by atoms with Crippen molar-refractivity contribution in [3.05, 3.63) is 63.1 Å². The van der Waals surface area contributed by atoms with Gasteiger partial charge in [-0.3, -0.25) is 0 Å². The summed E-state index contributed by atoms with van der Waals surface area (Å²) in [6.45, 7) is 4.76. The lowest BCUT2D eigenvalue weighted by molar-refractivity contribution is 1.14. The fraction of sp³-hybridized carbons (Fsp3) is 0.200. The van der Waals surface area contributed by atoms with Crippen molar-refractivity contribution in [2.75, 3.05) is 5.32 Å². The van der Waals surface area contributed by atoms with Crippen LogP contribution in [0.5, 0.6) is 0 Å². The summed E-state index contributed by atoms with van der Waals surface area (Å²) in [4.78, 5) is 0. The average molecular weight is 280 g/mol. The van der Waals surface area contributed by atoms with Gasteiger partial charge in [0, 0.05) is 11.6 Å². The summed E-state index contributed by atoms with van der Waals surface area (Å²) in [6.07, 6.45) is 0. The normalized spacial score (nSPS) is 10.4. The van der Waals surface area contributed by atoms with E-state index in [0.717, 1.165) is 22.8 Å². The third-order valence-electron chi connectivity index (χ3n) is 2.81. The summed E-state index contributed by atoms with van der Waals surface area (Å²) in [7, 11) is 0. The van der Waals surface area contributed by atoms with Crippen LogP contribution in [0.25, 0.3) is 0 Å². The number of aryl methyl sites for hydroxylation is 2. The molecule has 0 aromatic heterocycles. The number of rotatable bonds is 3. The number of benzene rings is 2. The molecular formula is C15H15Cl2N. The predicted molar refractivity (Wildman–Crippen MR) is 79.7 cm³/mol. The zero-order valence-electron chi connectivity index (χ0n) is 10.4. The van der Waals surface area contributed by atoms with Crippen molar-refractivity contribution in [2.24, 2.45) is 0 Å². The van der Waals surface area contributed by atoms with Crippen molar-refractivity contribution in [1.29, 1.82) is 0 Å². The zero-order chi connectivity index (χ0) is 13.1. The minimum absolute atomic E-state index is 0.699. The molecule has 2 aromatic carbocycles. The number of hydrogen-bond acceptors (Lipinski definition) is 1. The van der Waals surface area contributed by atoms with Crippen LogP contribution in [0.2, 0.25) is 10.0 Å². The highest BCUT2D eigenvalue weighted by atomic mass is 35.5. The standard InChI is InChI=1S/C15H15Cl2N/c1-10-4-3-5-12(6-10)9-18-15-8-13(16)11(2)7-14(15)17/h3-8,18H,9H2,1-2H3. The van der Waals surface area contributed by atoms with Crippen LogP contribution in [-0.2, 0) is 6.54 Å². The maximum absolute atomic E-state index is 6.18. The molecule has 0 aliphatic heterocycles. The van der Waals surface area contributed by atoms with Gasteiger partial charge in [-0.1, -0.05) is 53.0 Å². The smallest absolute Gasteiger partial charge is 0.0641 e. The Morgan fingerprint density at radius 3 is 2.50 bits per heavy atom. The Balaban J connectivity index is 2.13. The van der Waals surface area contributed by atoms with Crippen molar-refractivity contribution in [1.82, 2.24) is 0 Å². The van der Waals surface area contributed by atoms with Crippen molar-refractivity contribution in [3.8, 4) is 0 Å². The first kappa shape index (κ1) is 13.3. The van der Waals surface area contributed by atoms with Crippen molar-refractivity contribution in [2.45, 2.75) is 20.4 Å². The molecule has 0 heterocycles. The minimum atomic E-state index is 0.699. The fourth-order valence-corrected chi connectivity index (χ4v) is 2.25. The Kier molecular flexibility index (Phi) is 4.15. The van der Waals surface area contributed by atoms with Gasteiger partial charge >= 0.3 is 0 Å². The molecule has 0 radical (unpaired) electrons. The Bertz CT molecular complexity index is 564. The van der Waals surface area contributed by atoms with Gasteiger partial charge in [0.05, 0.1) is 10.7 Å². The second kappa shape index (κ2) is 5.64. The van der Waals surface area contributed by atoms with E-state index in [0.29, 0.717) is 5.02 Å². The van der Waals surface area contributed by atoms with Crippen LogP contribution in [0.15, 0.2) is 36.4 Å². The highest BCUT2D eigenvalue weighted by molar-refractivity contribution is 6.35. The van der Waals surface area contributed by atoms with Crippen molar-refractivity contribution in [3.63, 3.8) is 0 Å². The molecule has 0 amide bonds. The molecule has 18 heavy (non-hydrogen) atoms. The van der Waals surface area contributed by atoms with Crippen LogP contribution < -0.4 is 5.32 Å². The van der Waals surface area contributed by atoms with Crippen LogP contribution in [0.3, 0.4) is 0 Å². The van der Waals surface area contributed by atoms with E-state index in [1.165, 1.54) is 11.1 Å². The molecule has 0 bridgehead atoms. The molecule has 3 heteroatoms. The molecule has 2 rings (SSSR count). The average Bonchev–Trinajstić information content (AvgIpc) is 2.32. The molecule has 0 atom stereocenters. The highest BCUT2D eigenvalue weighted by Crippen LogP contribution is 2.29. The second-order valence-electron chi connectivity index (χ2n) is 4.42. The Morgan fingerprint density at radius 1 is 1.00 bits per heavy atom. The van der Waals surface area contributed by atoms with E-state index in [1.807, 2.05) is 19.1 Å². The van der Waals surface area contributed by atoms with Gasteiger partial charge in [0.15, 0.2) is 0 Å². The molecule has 94 valence electrons. The van der Waals surface area contributed by atoms with Gasteiger partial charge in [-0.2, -0.15) is 0 Å². The molecule has 0 saturated carbocycles. The Hall–Kier alpha value is -1.18. The van der Waals surface area contributed by atoms with E-state index < -0.39 is 0 Å². The first-order chi connectivity index (χ1) is 8.56. The lowest BCUT2D eigenvalue weighted by Crippen LogP contribution is -2.00. The lowest BCUT2D eigenvalue weighted by atomic mass is 10.1. The zero-order valence-corrected chi connectivity index (χ0v) is 11.9. The maximum Gasteiger partial charge on any atom is 0.0641 e. The molecule has 1 N–H and O–H groups in total. The predicted octanol–water partition coefficient (Wildman–Crippen LogP) is 5.22. The van der Waals surface area contributed by atoms with Gasteiger partial charge in [0.2, 0.25) is 0 Å². The van der Waals surface area contributed by atoms with E-state index >= 15 is 0 Å². The van der Waals surface area contributed by atoms with Gasteiger partial charge < -0.3 is 5.32 Å². The molecule has 0 aliphatic carbocycles. The van der Waals surface area contributed by atoms with Gasteiger partial charge in [0.1, 0.15) is 0 Å². The largest absolute Gasteiger partial charge is 0.380 e. The van der Waals surface area contributed by atoms with E-state index in [-0.39, 0.29) is 0 Å². The van der Waals surface area contributed by atoms with E-state index in [4.69, 9.17) is 23.2 Å². The molecule has 0 unspecified atom stereocenters. The fourth-order valence-electron chi connectivity index (χ4n) is 1.80. The number of halogens is 2. The lowest BCUT2D eigenvalue weighted by Gasteiger charge is -2.10. The molecule has 0 fully saturated rings.